The Morgan fingerprint density at radius 2 is 1.90 bits per heavy atom. The highest BCUT2D eigenvalue weighted by Crippen LogP contribution is 2.34. The van der Waals surface area contributed by atoms with E-state index in [0.717, 1.165) is 30.0 Å². The summed E-state index contributed by atoms with van der Waals surface area (Å²) in [7, 11) is 0. The van der Waals surface area contributed by atoms with Gasteiger partial charge in [0, 0.05) is 21.9 Å². The molecule has 2 aromatic rings. The van der Waals surface area contributed by atoms with Crippen LogP contribution in [0, 0.1) is 15.9 Å². The lowest BCUT2D eigenvalue weighted by molar-refractivity contribution is -0.385. The zero-order valence-corrected chi connectivity index (χ0v) is 10.8. The standard InChI is InChI=1S/C13H8FNO4S/c14-10-3-1-2-4-11(10)20-12-7-8(15(18)19)5-6-9(12)13(16)17/h1-7H,(H,16,17). The van der Waals surface area contributed by atoms with E-state index in [1.165, 1.54) is 18.2 Å². The van der Waals surface area contributed by atoms with Crippen LogP contribution in [0.15, 0.2) is 52.3 Å². The van der Waals surface area contributed by atoms with Crippen molar-refractivity contribution in [2.75, 3.05) is 0 Å². The van der Waals surface area contributed by atoms with Crippen LogP contribution in [0.5, 0.6) is 0 Å². The molecule has 7 heteroatoms. The number of carboxylic acids is 1. The molecular weight excluding hydrogens is 285 g/mol. The Hall–Kier alpha value is -2.41. The van der Waals surface area contributed by atoms with E-state index in [0.29, 0.717) is 0 Å². The quantitative estimate of drug-likeness (QED) is 0.688. The van der Waals surface area contributed by atoms with E-state index < -0.39 is 16.7 Å². The molecule has 0 fully saturated rings. The van der Waals surface area contributed by atoms with Crippen LogP contribution in [0.2, 0.25) is 0 Å². The number of hydrogen-bond donors (Lipinski definition) is 1. The van der Waals surface area contributed by atoms with Gasteiger partial charge in [0.05, 0.1) is 10.5 Å². The predicted octanol–water partition coefficient (Wildman–Crippen LogP) is 3.58. The summed E-state index contributed by atoms with van der Waals surface area (Å²) in [6.45, 7) is 0. The summed E-state index contributed by atoms with van der Waals surface area (Å²) in [5.74, 6) is -1.74. The minimum atomic E-state index is -1.22. The van der Waals surface area contributed by atoms with Gasteiger partial charge < -0.3 is 5.11 Å². The molecule has 0 unspecified atom stereocenters. The third-order valence-corrected chi connectivity index (χ3v) is 3.57. The number of nitrogens with zero attached hydrogens (tertiary/aromatic N) is 1. The van der Waals surface area contributed by atoms with Crippen molar-refractivity contribution >= 4 is 23.4 Å². The summed E-state index contributed by atoms with van der Waals surface area (Å²) in [5.41, 5.74) is -0.349. The van der Waals surface area contributed by atoms with Crippen molar-refractivity contribution in [1.82, 2.24) is 0 Å². The second-order valence-corrected chi connectivity index (χ2v) is 4.86. The summed E-state index contributed by atoms with van der Waals surface area (Å²) in [6, 6.07) is 9.19. The SMILES string of the molecule is O=C(O)c1ccc([N+](=O)[O-])cc1Sc1ccccc1F. The van der Waals surface area contributed by atoms with E-state index in [9.17, 15) is 19.3 Å². The number of carbonyl (C=O) groups is 1. The van der Waals surface area contributed by atoms with Crippen molar-refractivity contribution in [3.63, 3.8) is 0 Å². The zero-order valence-electron chi connectivity index (χ0n) is 9.95. The second kappa shape index (κ2) is 5.70. The Bertz CT molecular complexity index is 690. The van der Waals surface area contributed by atoms with Crippen molar-refractivity contribution in [1.29, 1.82) is 0 Å². The number of nitro groups is 1. The van der Waals surface area contributed by atoms with E-state index in [1.54, 1.807) is 6.07 Å². The number of non-ortho nitro benzene ring substituents is 1. The van der Waals surface area contributed by atoms with Gasteiger partial charge in [-0.25, -0.2) is 9.18 Å². The minimum absolute atomic E-state index is 0.108. The van der Waals surface area contributed by atoms with Crippen LogP contribution in [0.1, 0.15) is 10.4 Å². The Balaban J connectivity index is 2.48. The molecule has 5 nitrogen and oxygen atoms in total. The van der Waals surface area contributed by atoms with Crippen molar-refractivity contribution in [3.8, 4) is 0 Å². The topological polar surface area (TPSA) is 80.4 Å². The molecule has 2 aromatic carbocycles. The van der Waals surface area contributed by atoms with Crippen LogP contribution in [0.25, 0.3) is 0 Å². The van der Waals surface area contributed by atoms with Gasteiger partial charge in [0.2, 0.25) is 0 Å². The summed E-state index contributed by atoms with van der Waals surface area (Å²) in [5, 5.41) is 19.8. The Morgan fingerprint density at radius 3 is 2.50 bits per heavy atom. The number of benzene rings is 2. The lowest BCUT2D eigenvalue weighted by Crippen LogP contribution is -2.00. The van der Waals surface area contributed by atoms with Gasteiger partial charge in [-0.2, -0.15) is 0 Å². The summed E-state index contributed by atoms with van der Waals surface area (Å²) >= 11 is 0.840. The van der Waals surface area contributed by atoms with Gasteiger partial charge in [0.1, 0.15) is 5.82 Å². The van der Waals surface area contributed by atoms with Crippen LogP contribution in [-0.4, -0.2) is 16.0 Å². The summed E-state index contributed by atoms with van der Waals surface area (Å²) < 4.78 is 13.6. The highest BCUT2D eigenvalue weighted by Gasteiger charge is 2.17. The second-order valence-electron chi connectivity index (χ2n) is 3.78. The van der Waals surface area contributed by atoms with E-state index in [4.69, 9.17) is 5.11 Å². The molecule has 2 rings (SSSR count). The first-order valence-corrected chi connectivity index (χ1v) is 6.25. The fraction of sp³-hybridized carbons (Fsp3) is 0. The predicted molar refractivity (Wildman–Crippen MR) is 70.6 cm³/mol. The molecule has 0 atom stereocenters. The number of rotatable bonds is 4. The molecule has 0 saturated carbocycles. The average molecular weight is 293 g/mol. The highest BCUT2D eigenvalue weighted by molar-refractivity contribution is 7.99. The maximum atomic E-state index is 13.6. The first-order chi connectivity index (χ1) is 9.49. The Labute approximate surface area is 117 Å². The summed E-state index contributed by atoms with van der Waals surface area (Å²) in [4.78, 5) is 21.5. The summed E-state index contributed by atoms with van der Waals surface area (Å²) in [6.07, 6.45) is 0. The van der Waals surface area contributed by atoms with E-state index >= 15 is 0 Å². The molecule has 0 aliphatic carbocycles. The average Bonchev–Trinajstić information content (AvgIpc) is 2.41. The van der Waals surface area contributed by atoms with Gasteiger partial charge in [-0.3, -0.25) is 10.1 Å². The Kier molecular flexibility index (Phi) is 3.99. The van der Waals surface area contributed by atoms with Gasteiger partial charge in [-0.05, 0) is 18.2 Å². The minimum Gasteiger partial charge on any atom is -0.478 e. The lowest BCUT2D eigenvalue weighted by atomic mass is 10.2. The largest absolute Gasteiger partial charge is 0.478 e. The van der Waals surface area contributed by atoms with Gasteiger partial charge >= 0.3 is 5.97 Å². The fourth-order valence-electron chi connectivity index (χ4n) is 1.53. The van der Waals surface area contributed by atoms with Crippen LogP contribution in [-0.2, 0) is 0 Å². The van der Waals surface area contributed by atoms with Crippen LogP contribution < -0.4 is 0 Å². The first kappa shape index (κ1) is 14.0. The number of hydrogen-bond acceptors (Lipinski definition) is 4. The molecule has 0 aromatic heterocycles. The Morgan fingerprint density at radius 1 is 1.20 bits per heavy atom. The van der Waals surface area contributed by atoms with Crippen LogP contribution in [0.4, 0.5) is 10.1 Å². The zero-order chi connectivity index (χ0) is 14.7. The third kappa shape index (κ3) is 2.94. The molecule has 0 spiro atoms. The molecule has 20 heavy (non-hydrogen) atoms. The molecule has 1 N–H and O–H groups in total. The molecule has 0 saturated heterocycles. The molecule has 0 aliphatic rings. The smallest absolute Gasteiger partial charge is 0.336 e. The molecule has 0 heterocycles. The number of aromatic carboxylic acids is 1. The van der Waals surface area contributed by atoms with Crippen molar-refractivity contribution < 1.29 is 19.2 Å². The first-order valence-electron chi connectivity index (χ1n) is 5.43. The third-order valence-electron chi connectivity index (χ3n) is 2.46. The van der Waals surface area contributed by atoms with Crippen molar-refractivity contribution in [2.24, 2.45) is 0 Å². The van der Waals surface area contributed by atoms with E-state index in [-0.39, 0.29) is 21.0 Å². The molecule has 102 valence electrons. The van der Waals surface area contributed by atoms with Crippen molar-refractivity contribution in [3.05, 3.63) is 64.0 Å². The highest BCUT2D eigenvalue weighted by atomic mass is 32.2. The van der Waals surface area contributed by atoms with Crippen molar-refractivity contribution in [2.45, 2.75) is 9.79 Å². The van der Waals surface area contributed by atoms with Gasteiger partial charge in [0.15, 0.2) is 0 Å². The maximum absolute atomic E-state index is 13.6. The molecule has 0 aliphatic heterocycles. The monoisotopic (exact) mass is 293 g/mol. The van der Waals surface area contributed by atoms with E-state index in [2.05, 4.69) is 0 Å². The van der Waals surface area contributed by atoms with Crippen LogP contribution >= 0.6 is 11.8 Å². The number of carboxylic acid groups (broad SMARTS) is 1. The lowest BCUT2D eigenvalue weighted by Gasteiger charge is -2.06. The fourth-order valence-corrected chi connectivity index (χ4v) is 2.53. The maximum Gasteiger partial charge on any atom is 0.336 e. The number of halogens is 1. The van der Waals surface area contributed by atoms with Gasteiger partial charge in [-0.1, -0.05) is 23.9 Å². The molecule has 0 bridgehead atoms. The van der Waals surface area contributed by atoms with E-state index in [1.807, 2.05) is 0 Å². The van der Waals surface area contributed by atoms with Crippen LogP contribution in [0.3, 0.4) is 0 Å². The normalized spacial score (nSPS) is 10.2. The molecule has 0 radical (unpaired) electrons. The molecule has 0 amide bonds. The van der Waals surface area contributed by atoms with Gasteiger partial charge in [0.25, 0.3) is 5.69 Å². The van der Waals surface area contributed by atoms with Gasteiger partial charge in [-0.15, -0.1) is 0 Å². The number of nitro benzene ring substituents is 1. The molecular formula is C13H8FNO4S.